The van der Waals surface area contributed by atoms with Gasteiger partial charge in [0, 0.05) is 24.2 Å². The van der Waals surface area contributed by atoms with Crippen LogP contribution in [-0.4, -0.2) is 31.3 Å². The minimum atomic E-state index is 0.695. The van der Waals surface area contributed by atoms with Crippen LogP contribution in [0.5, 0.6) is 0 Å². The van der Waals surface area contributed by atoms with E-state index in [1.165, 1.54) is 0 Å². The summed E-state index contributed by atoms with van der Waals surface area (Å²) in [5, 5.41) is 9.05. The molecule has 3 aromatic rings. The Labute approximate surface area is 115 Å². The van der Waals surface area contributed by atoms with Gasteiger partial charge in [-0.15, -0.1) is 10.2 Å². The van der Waals surface area contributed by atoms with E-state index in [-0.39, 0.29) is 0 Å². The van der Waals surface area contributed by atoms with Crippen molar-refractivity contribution >= 4 is 22.4 Å². The monoisotopic (exact) mass is 267 g/mol. The Bertz CT molecular complexity index is 779. The molecule has 1 aromatic carbocycles. The third-order valence-electron chi connectivity index (χ3n) is 3.58. The van der Waals surface area contributed by atoms with E-state index < -0.39 is 0 Å². The van der Waals surface area contributed by atoms with E-state index in [2.05, 4.69) is 29.6 Å². The number of hydrogen-bond acceptors (Lipinski definition) is 6. The highest BCUT2D eigenvalue weighted by molar-refractivity contribution is 5.91. The van der Waals surface area contributed by atoms with Gasteiger partial charge in [0.05, 0.1) is 12.1 Å². The van der Waals surface area contributed by atoms with Gasteiger partial charge in [-0.25, -0.2) is 9.97 Å². The summed E-state index contributed by atoms with van der Waals surface area (Å²) in [5.74, 6) is 1.85. The molecule has 20 heavy (non-hydrogen) atoms. The number of benzene rings is 1. The Kier molecular flexibility index (Phi) is 2.32. The highest BCUT2D eigenvalue weighted by atomic mass is 15.3. The first-order valence-electron chi connectivity index (χ1n) is 6.43. The Morgan fingerprint density at radius 2 is 2.10 bits per heavy atom. The normalized spacial score (nSPS) is 14.5. The van der Waals surface area contributed by atoms with Crippen molar-refractivity contribution in [3.8, 4) is 0 Å². The average Bonchev–Trinajstić information content (AvgIpc) is 2.94. The summed E-state index contributed by atoms with van der Waals surface area (Å²) in [5.41, 5.74) is 7.50. The lowest BCUT2D eigenvalue weighted by atomic mass is 10.2. The van der Waals surface area contributed by atoms with Crippen molar-refractivity contribution in [2.45, 2.75) is 13.1 Å². The van der Waals surface area contributed by atoms with Crippen LogP contribution in [0.2, 0.25) is 0 Å². The van der Waals surface area contributed by atoms with Gasteiger partial charge in [0.15, 0.2) is 5.82 Å². The molecule has 2 aromatic heterocycles. The second-order valence-electron chi connectivity index (χ2n) is 4.84. The quantitative estimate of drug-likeness (QED) is 0.657. The van der Waals surface area contributed by atoms with Gasteiger partial charge >= 0.3 is 0 Å². The molecule has 0 radical (unpaired) electrons. The Balaban J connectivity index is 1.81. The number of rotatable bonds is 1. The van der Waals surface area contributed by atoms with Gasteiger partial charge < -0.3 is 15.2 Å². The van der Waals surface area contributed by atoms with Crippen LogP contribution in [0.15, 0.2) is 30.9 Å². The Morgan fingerprint density at radius 1 is 1.15 bits per heavy atom. The van der Waals surface area contributed by atoms with Gasteiger partial charge in [0.2, 0.25) is 0 Å². The van der Waals surface area contributed by atoms with Crippen LogP contribution in [0.1, 0.15) is 5.82 Å². The maximum atomic E-state index is 5.88. The molecule has 3 heterocycles. The van der Waals surface area contributed by atoms with E-state index in [9.17, 15) is 0 Å². The molecule has 0 atom stereocenters. The summed E-state index contributed by atoms with van der Waals surface area (Å²) < 4.78 is 2.06. The van der Waals surface area contributed by atoms with Crippen molar-refractivity contribution in [2.75, 3.05) is 17.2 Å². The number of fused-ring (bicyclic) bond motifs is 2. The number of anilines is 2. The van der Waals surface area contributed by atoms with Crippen molar-refractivity contribution in [3.05, 3.63) is 36.7 Å². The second kappa shape index (κ2) is 4.16. The molecule has 100 valence electrons. The van der Waals surface area contributed by atoms with Crippen molar-refractivity contribution in [3.63, 3.8) is 0 Å². The molecule has 0 spiro atoms. The Morgan fingerprint density at radius 3 is 3.05 bits per heavy atom. The molecule has 7 nitrogen and oxygen atoms in total. The number of hydrogen-bond donors (Lipinski definition) is 1. The molecule has 0 amide bonds. The Hall–Kier alpha value is -2.70. The zero-order chi connectivity index (χ0) is 13.5. The van der Waals surface area contributed by atoms with Crippen molar-refractivity contribution in [2.24, 2.45) is 0 Å². The number of nitrogens with zero attached hydrogens (tertiary/aromatic N) is 6. The maximum Gasteiger partial charge on any atom is 0.152 e. The summed E-state index contributed by atoms with van der Waals surface area (Å²) in [6, 6.07) is 5.69. The molecule has 0 bridgehead atoms. The minimum Gasteiger partial charge on any atom is -0.399 e. The van der Waals surface area contributed by atoms with Gasteiger partial charge in [-0.2, -0.15) is 0 Å². The fourth-order valence-electron chi connectivity index (χ4n) is 2.56. The molecular weight excluding hydrogens is 254 g/mol. The van der Waals surface area contributed by atoms with E-state index in [1.807, 2.05) is 18.2 Å². The molecule has 2 N–H and O–H groups in total. The smallest absolute Gasteiger partial charge is 0.152 e. The first-order valence-corrected chi connectivity index (χ1v) is 6.43. The van der Waals surface area contributed by atoms with Gasteiger partial charge in [0.25, 0.3) is 0 Å². The van der Waals surface area contributed by atoms with E-state index in [4.69, 9.17) is 5.73 Å². The van der Waals surface area contributed by atoms with E-state index in [0.29, 0.717) is 12.2 Å². The number of nitrogens with two attached hydrogens (primary N) is 1. The first-order chi connectivity index (χ1) is 9.81. The van der Waals surface area contributed by atoms with Gasteiger partial charge in [-0.05, 0) is 18.2 Å². The molecule has 0 unspecified atom stereocenters. The minimum absolute atomic E-state index is 0.695. The molecule has 0 aliphatic carbocycles. The topological polar surface area (TPSA) is 85.8 Å². The highest BCUT2D eigenvalue weighted by Gasteiger charge is 2.20. The molecule has 4 rings (SSSR count). The van der Waals surface area contributed by atoms with E-state index >= 15 is 0 Å². The van der Waals surface area contributed by atoms with Crippen molar-refractivity contribution < 1.29 is 0 Å². The molecular formula is C13H13N7. The lowest BCUT2D eigenvalue weighted by molar-refractivity contribution is 0.557. The SMILES string of the molecule is Nc1ccc2ncnc(N3CCn4cnnc4C3)c2c1. The molecule has 0 saturated carbocycles. The van der Waals surface area contributed by atoms with Crippen LogP contribution in [0, 0.1) is 0 Å². The van der Waals surface area contributed by atoms with E-state index in [1.54, 1.807) is 12.7 Å². The summed E-state index contributed by atoms with van der Waals surface area (Å²) in [4.78, 5) is 10.9. The average molecular weight is 267 g/mol. The molecule has 0 fully saturated rings. The third kappa shape index (κ3) is 1.67. The van der Waals surface area contributed by atoms with Gasteiger partial charge in [-0.3, -0.25) is 0 Å². The zero-order valence-corrected chi connectivity index (χ0v) is 10.8. The van der Waals surface area contributed by atoms with Gasteiger partial charge in [-0.1, -0.05) is 0 Å². The molecule has 1 aliphatic heterocycles. The standard InChI is InChI=1S/C13H13N7/c14-9-1-2-11-10(5-9)13(16-7-15-11)19-3-4-20-8-17-18-12(20)6-19/h1-2,5,7-8H,3-4,6,14H2. The lowest BCUT2D eigenvalue weighted by Crippen LogP contribution is -2.34. The predicted octanol–water partition coefficient (Wildman–Crippen LogP) is 0.824. The summed E-state index contributed by atoms with van der Waals surface area (Å²) >= 11 is 0. The van der Waals surface area contributed by atoms with Crippen LogP contribution in [-0.2, 0) is 13.1 Å². The van der Waals surface area contributed by atoms with Crippen LogP contribution in [0.4, 0.5) is 11.5 Å². The maximum absolute atomic E-state index is 5.88. The van der Waals surface area contributed by atoms with Crippen LogP contribution >= 0.6 is 0 Å². The third-order valence-corrected chi connectivity index (χ3v) is 3.58. The van der Waals surface area contributed by atoms with Crippen LogP contribution < -0.4 is 10.6 Å². The lowest BCUT2D eigenvalue weighted by Gasteiger charge is -2.28. The van der Waals surface area contributed by atoms with Crippen LogP contribution in [0.25, 0.3) is 10.9 Å². The molecule has 0 saturated heterocycles. The largest absolute Gasteiger partial charge is 0.399 e. The zero-order valence-electron chi connectivity index (χ0n) is 10.8. The summed E-state index contributed by atoms with van der Waals surface area (Å²) in [7, 11) is 0. The highest BCUT2D eigenvalue weighted by Crippen LogP contribution is 2.27. The first kappa shape index (κ1) is 11.2. The van der Waals surface area contributed by atoms with E-state index in [0.717, 1.165) is 35.6 Å². The predicted molar refractivity (Wildman–Crippen MR) is 75.0 cm³/mol. The number of aromatic nitrogens is 5. The molecule has 7 heteroatoms. The van der Waals surface area contributed by atoms with Crippen molar-refractivity contribution in [1.29, 1.82) is 0 Å². The van der Waals surface area contributed by atoms with Crippen LogP contribution in [0.3, 0.4) is 0 Å². The fourth-order valence-corrected chi connectivity index (χ4v) is 2.56. The number of nitrogen functional groups attached to an aromatic ring is 1. The van der Waals surface area contributed by atoms with Gasteiger partial charge in [0.1, 0.15) is 18.5 Å². The summed E-state index contributed by atoms with van der Waals surface area (Å²) in [6.07, 6.45) is 3.36. The molecule has 1 aliphatic rings. The second-order valence-corrected chi connectivity index (χ2v) is 4.84. The summed E-state index contributed by atoms with van der Waals surface area (Å²) in [6.45, 7) is 2.42. The fraction of sp³-hybridized carbons (Fsp3) is 0.231. The van der Waals surface area contributed by atoms with Crippen molar-refractivity contribution in [1.82, 2.24) is 24.7 Å².